The molecule has 0 bridgehead atoms. The van der Waals surface area contributed by atoms with Gasteiger partial charge in [0.25, 0.3) is 0 Å². The van der Waals surface area contributed by atoms with Crippen molar-refractivity contribution in [3.8, 4) is 50.6 Å². The van der Waals surface area contributed by atoms with E-state index in [2.05, 4.69) is 142 Å². The smallest absolute Gasteiger partial charge is 0.121 e. The number of pyridine rings is 1. The fourth-order valence-electron chi connectivity index (χ4n) is 8.74. The molecule has 3 heterocycles. The molecule has 0 N–H and O–H groups in total. The number of aryl methyl sites for hydroxylation is 3. The third kappa shape index (κ3) is 9.45. The quantitative estimate of drug-likeness (QED) is 0.118. The number of fused-ring (bicyclic) bond motifs is 4. The molecule has 10 aromatic rings. The van der Waals surface area contributed by atoms with Crippen LogP contribution in [0.5, 0.6) is 0 Å². The zero-order valence-corrected chi connectivity index (χ0v) is 43.2. The number of furan rings is 1. The number of benzene rings is 7. The van der Waals surface area contributed by atoms with E-state index >= 15 is 0 Å². The molecule has 0 aliphatic rings. The van der Waals surface area contributed by atoms with Gasteiger partial charge in [0.05, 0.1) is 30.5 Å². The van der Waals surface area contributed by atoms with Gasteiger partial charge in [-0.1, -0.05) is 187 Å². The van der Waals surface area contributed by atoms with Crippen molar-refractivity contribution in [3.63, 3.8) is 0 Å². The predicted molar refractivity (Wildman–Crippen MR) is 282 cm³/mol. The third-order valence-electron chi connectivity index (χ3n) is 12.3. The van der Waals surface area contributed by atoms with Crippen LogP contribution in [0.25, 0.3) is 83.6 Å². The summed E-state index contributed by atoms with van der Waals surface area (Å²) in [5.41, 5.74) is 13.2. The molecule has 0 saturated heterocycles. The first kappa shape index (κ1) is 39.7. The molecule has 0 aliphatic carbocycles. The number of imidazole rings is 1. The van der Waals surface area contributed by atoms with Crippen LogP contribution in [0.3, 0.4) is 0 Å². The van der Waals surface area contributed by atoms with Gasteiger partial charge in [-0.15, -0.1) is 41.5 Å². The second kappa shape index (κ2) is 19.0. The van der Waals surface area contributed by atoms with Gasteiger partial charge in [0, 0.05) is 58.4 Å². The van der Waals surface area contributed by atoms with Crippen molar-refractivity contribution in [1.82, 2.24) is 14.5 Å². The van der Waals surface area contributed by atoms with Gasteiger partial charge in [0.1, 0.15) is 5.58 Å². The zero-order chi connectivity index (χ0) is 53.3. The van der Waals surface area contributed by atoms with Gasteiger partial charge >= 0.3 is 0 Å². The number of aromatic nitrogens is 3. The number of hydrogen-bond acceptors (Lipinski definition) is 3. The first-order valence-corrected chi connectivity index (χ1v) is 26.1. The van der Waals surface area contributed by atoms with E-state index in [9.17, 15) is 4.39 Å². The molecule has 1 radical (unpaired) electrons. The van der Waals surface area contributed by atoms with E-state index in [0.29, 0.717) is 11.3 Å². The van der Waals surface area contributed by atoms with Crippen LogP contribution < -0.4 is 5.19 Å². The summed E-state index contributed by atoms with van der Waals surface area (Å²) >= 11 is 0. The Balaban J connectivity index is 0.000000244. The van der Waals surface area contributed by atoms with Gasteiger partial charge in [-0.05, 0) is 81.6 Å². The summed E-state index contributed by atoms with van der Waals surface area (Å²) in [6.07, 6.45) is 1.73. The average Bonchev–Trinajstić information content (AvgIpc) is 3.92. The van der Waals surface area contributed by atoms with Crippen LogP contribution in [0.2, 0.25) is 19.6 Å². The molecule has 345 valence electrons. The summed E-state index contributed by atoms with van der Waals surface area (Å²) in [6, 6.07) is 51.1. The SMILES string of the molecule is [2H]C([2H])([2H])c1c[c-]c(-c2cc(C([2H])(C)C)c([Si](C)(C)C)cn2)c(F)c1.[2H]C([2H])([2H])c1ccc(-c2ccc3c(c2)oc2c(-c4nc5ccccc5n4-c4ccc(C(C)(C)C)cc4-c4ccccc4)[c-]cc(C)c23)cc1.[Ir]. The number of rotatable bonds is 7. The number of nitrogens with zero attached hydrogens (tertiary/aromatic N) is 3. The van der Waals surface area contributed by atoms with Crippen LogP contribution in [-0.2, 0) is 25.5 Å². The van der Waals surface area contributed by atoms with E-state index in [4.69, 9.17) is 19.0 Å². The molecule has 0 unspecified atom stereocenters. The first-order chi connectivity index (χ1) is 34.7. The molecule has 4 nitrogen and oxygen atoms in total. The van der Waals surface area contributed by atoms with Gasteiger partial charge in [-0.25, -0.2) is 0 Å². The van der Waals surface area contributed by atoms with E-state index in [1.165, 1.54) is 11.6 Å². The largest absolute Gasteiger partial charge is 0.501 e. The van der Waals surface area contributed by atoms with E-state index in [1.807, 2.05) is 36.4 Å². The fraction of sp³-hybridized carbons (Fsp3) is 0.213. The van der Waals surface area contributed by atoms with Gasteiger partial charge in [-0.2, -0.15) is 0 Å². The van der Waals surface area contributed by atoms with E-state index in [0.717, 1.165) is 94.7 Å². The Morgan fingerprint density at radius 1 is 0.765 bits per heavy atom. The number of halogens is 1. The summed E-state index contributed by atoms with van der Waals surface area (Å²) < 4.78 is 77.2. The predicted octanol–water partition coefficient (Wildman–Crippen LogP) is 16.3. The van der Waals surface area contributed by atoms with Crippen LogP contribution in [0.4, 0.5) is 4.39 Å². The fourth-order valence-corrected chi connectivity index (χ4v) is 10.3. The van der Waals surface area contributed by atoms with Crippen molar-refractivity contribution in [1.29, 1.82) is 0 Å². The molecule has 7 heteroatoms. The van der Waals surface area contributed by atoms with E-state index in [-0.39, 0.29) is 36.6 Å². The molecule has 0 atom stereocenters. The minimum atomic E-state index is -2.38. The molecular formula is C61H58FIrN3OSi-2. The Kier molecular flexibility index (Phi) is 11.1. The maximum Gasteiger partial charge on any atom is 0.121 e. The van der Waals surface area contributed by atoms with Crippen LogP contribution in [0.15, 0.2) is 150 Å². The normalized spacial score (nSPS) is 13.9. The molecule has 0 fully saturated rings. The molecule has 10 rings (SSSR count). The molecule has 0 saturated carbocycles. The summed E-state index contributed by atoms with van der Waals surface area (Å²) in [7, 11) is -1.72. The first-order valence-electron chi connectivity index (χ1n) is 26.1. The topological polar surface area (TPSA) is 43.9 Å². The van der Waals surface area contributed by atoms with Crippen LogP contribution in [0, 0.1) is 38.6 Å². The third-order valence-corrected chi connectivity index (χ3v) is 14.3. The van der Waals surface area contributed by atoms with Crippen molar-refractivity contribution >= 4 is 46.2 Å². The Morgan fingerprint density at radius 2 is 1.47 bits per heavy atom. The summed E-state index contributed by atoms with van der Waals surface area (Å²) in [6.45, 7) is 14.4. The maximum absolute atomic E-state index is 14.5. The van der Waals surface area contributed by atoms with Crippen molar-refractivity contribution in [2.45, 2.75) is 86.2 Å². The molecule has 0 aliphatic heterocycles. The minimum absolute atomic E-state index is 0. The summed E-state index contributed by atoms with van der Waals surface area (Å²) in [5.74, 6) is -0.760. The summed E-state index contributed by atoms with van der Waals surface area (Å²) in [4.78, 5) is 9.62. The Bertz CT molecular complexity index is 3730. The minimum Gasteiger partial charge on any atom is -0.501 e. The molecule has 3 aromatic heterocycles. The Labute approximate surface area is 425 Å². The molecule has 7 aromatic carbocycles. The van der Waals surface area contributed by atoms with E-state index in [1.54, 1.807) is 38.2 Å². The van der Waals surface area contributed by atoms with Gasteiger partial charge < -0.3 is 14.0 Å². The monoisotopic (exact) mass is 1100 g/mol. The molecule has 0 amide bonds. The van der Waals surface area contributed by atoms with Crippen LogP contribution in [0.1, 0.15) is 77.9 Å². The van der Waals surface area contributed by atoms with Crippen molar-refractivity contribution in [2.75, 3.05) is 0 Å². The number of para-hydroxylation sites is 2. The van der Waals surface area contributed by atoms with Gasteiger partial charge in [0.2, 0.25) is 0 Å². The second-order valence-corrected chi connectivity index (χ2v) is 24.6. The molecular weight excluding hydrogens is 1030 g/mol. The van der Waals surface area contributed by atoms with Crippen LogP contribution >= 0.6 is 0 Å². The Morgan fingerprint density at radius 3 is 2.16 bits per heavy atom. The Hall–Kier alpha value is -6.24. The van der Waals surface area contributed by atoms with Crippen LogP contribution in [-0.4, -0.2) is 22.6 Å². The van der Waals surface area contributed by atoms with Gasteiger partial charge in [-0.3, -0.25) is 9.37 Å². The summed E-state index contributed by atoms with van der Waals surface area (Å²) in [5, 5.41) is 3.10. The molecule has 68 heavy (non-hydrogen) atoms. The number of hydrogen-bond donors (Lipinski definition) is 0. The maximum atomic E-state index is 14.5. The van der Waals surface area contributed by atoms with E-state index < -0.39 is 33.5 Å². The van der Waals surface area contributed by atoms with Crippen molar-refractivity contribution in [3.05, 3.63) is 191 Å². The van der Waals surface area contributed by atoms with Gasteiger partial charge in [0.15, 0.2) is 0 Å². The van der Waals surface area contributed by atoms with Crippen molar-refractivity contribution in [2.24, 2.45) is 0 Å². The average molecular weight is 1100 g/mol. The molecule has 0 spiro atoms. The zero-order valence-electron chi connectivity index (χ0n) is 46.8. The second-order valence-electron chi connectivity index (χ2n) is 19.5. The van der Waals surface area contributed by atoms with Crippen molar-refractivity contribution < 1.29 is 38.5 Å². The standard InChI is InChI=1S/C43H35N2O.C18H23FNSi.Ir/c1-27-15-18-29(19-16-27)31-20-23-33-39(25-31)46-41-34(22-17-28(2)40(33)41)42-44-36-13-9-10-14-38(36)45(42)37-24-21-32(43(3,4)5)26-35(37)30-11-7-6-8-12-30;1-12(2)15-10-17(20-11-18(15)21(4,5)6)14-8-7-13(3)9-16(14)19;/h6-21,23-26H,1-5H3;7,9-12H,1-6H3;/q2*-1;/i1D3;3D3,12D;.